The molecular weight excluding hydrogens is 428 g/mol. The number of anilines is 1. The number of piperidine rings is 1. The van der Waals surface area contributed by atoms with E-state index in [-0.39, 0.29) is 24.1 Å². The van der Waals surface area contributed by atoms with Crippen LogP contribution in [-0.2, 0) is 20.6 Å². The number of halogens is 1. The van der Waals surface area contributed by atoms with E-state index in [0.29, 0.717) is 25.1 Å². The molecular formula is C20H23BrN2O3S. The lowest BCUT2D eigenvalue weighted by molar-refractivity contribution is -0.120. The fourth-order valence-electron chi connectivity index (χ4n) is 3.25. The second kappa shape index (κ2) is 8.54. The Bertz CT molecular complexity index is 913. The Balaban J connectivity index is 1.66. The van der Waals surface area contributed by atoms with Crippen molar-refractivity contribution in [1.29, 1.82) is 0 Å². The molecule has 0 bridgehead atoms. The molecule has 27 heavy (non-hydrogen) atoms. The molecule has 0 aromatic heterocycles. The molecule has 1 aliphatic rings. The Hall–Kier alpha value is -1.70. The summed E-state index contributed by atoms with van der Waals surface area (Å²) in [4.78, 5) is 12.6. The van der Waals surface area contributed by atoms with Gasteiger partial charge < -0.3 is 5.32 Å². The number of carbonyl (C=O) groups excluding carboxylic acids is 1. The van der Waals surface area contributed by atoms with Gasteiger partial charge >= 0.3 is 0 Å². The number of benzene rings is 2. The smallest absolute Gasteiger partial charge is 0.228 e. The Kier molecular flexibility index (Phi) is 6.34. The molecule has 2 aromatic carbocycles. The van der Waals surface area contributed by atoms with Crippen LogP contribution >= 0.6 is 15.9 Å². The molecule has 1 N–H and O–H groups in total. The molecule has 1 saturated heterocycles. The van der Waals surface area contributed by atoms with Crippen LogP contribution in [0.2, 0.25) is 0 Å². The average molecular weight is 451 g/mol. The van der Waals surface area contributed by atoms with Gasteiger partial charge in [0.15, 0.2) is 0 Å². The molecule has 144 valence electrons. The highest BCUT2D eigenvalue weighted by atomic mass is 79.9. The minimum absolute atomic E-state index is 0.0271. The number of hydrogen-bond donors (Lipinski definition) is 1. The lowest BCUT2D eigenvalue weighted by atomic mass is 9.99. The fourth-order valence-corrected chi connectivity index (χ4v) is 5.22. The third kappa shape index (κ3) is 5.18. The van der Waals surface area contributed by atoms with E-state index in [0.717, 1.165) is 15.6 Å². The van der Waals surface area contributed by atoms with E-state index in [2.05, 4.69) is 21.2 Å². The van der Waals surface area contributed by atoms with E-state index in [4.69, 9.17) is 0 Å². The van der Waals surface area contributed by atoms with Crippen LogP contribution in [0.1, 0.15) is 24.0 Å². The van der Waals surface area contributed by atoms with Crippen molar-refractivity contribution >= 4 is 37.5 Å². The van der Waals surface area contributed by atoms with E-state index in [1.165, 1.54) is 4.31 Å². The first-order chi connectivity index (χ1) is 12.8. The van der Waals surface area contributed by atoms with Crippen LogP contribution in [0.25, 0.3) is 0 Å². The third-order valence-corrected chi connectivity index (χ3v) is 7.18. The van der Waals surface area contributed by atoms with Crippen molar-refractivity contribution < 1.29 is 13.2 Å². The van der Waals surface area contributed by atoms with Gasteiger partial charge in [-0.2, -0.15) is 0 Å². The summed E-state index contributed by atoms with van der Waals surface area (Å²) in [5.41, 5.74) is 2.48. The van der Waals surface area contributed by atoms with Crippen molar-refractivity contribution in [2.24, 2.45) is 5.92 Å². The van der Waals surface area contributed by atoms with Crippen molar-refractivity contribution in [3.05, 3.63) is 64.1 Å². The second-order valence-corrected chi connectivity index (χ2v) is 9.76. The lowest BCUT2D eigenvalue weighted by Crippen LogP contribution is -2.44. The topological polar surface area (TPSA) is 66.5 Å². The summed E-state index contributed by atoms with van der Waals surface area (Å²) >= 11 is 3.36. The molecule has 5 nitrogen and oxygen atoms in total. The number of nitrogens with one attached hydrogen (secondary N) is 1. The summed E-state index contributed by atoms with van der Waals surface area (Å²) in [6, 6.07) is 14.8. The van der Waals surface area contributed by atoms with Crippen molar-refractivity contribution in [3.8, 4) is 0 Å². The molecule has 1 unspecified atom stereocenters. The Morgan fingerprint density at radius 1 is 1.19 bits per heavy atom. The van der Waals surface area contributed by atoms with Crippen LogP contribution < -0.4 is 5.32 Å². The Morgan fingerprint density at radius 2 is 1.89 bits per heavy atom. The van der Waals surface area contributed by atoms with Crippen LogP contribution in [0.4, 0.5) is 5.69 Å². The summed E-state index contributed by atoms with van der Waals surface area (Å²) in [6.45, 7) is 2.61. The Labute approximate surface area is 169 Å². The third-order valence-electron chi connectivity index (χ3n) is 4.86. The molecule has 0 radical (unpaired) electrons. The van der Waals surface area contributed by atoms with E-state index >= 15 is 0 Å². The summed E-state index contributed by atoms with van der Waals surface area (Å²) < 4.78 is 28.1. The molecule has 0 saturated carbocycles. The van der Waals surface area contributed by atoms with Crippen LogP contribution in [0.15, 0.2) is 53.0 Å². The van der Waals surface area contributed by atoms with Crippen LogP contribution in [-0.4, -0.2) is 31.7 Å². The maximum atomic E-state index is 12.9. The van der Waals surface area contributed by atoms with Crippen LogP contribution in [0.5, 0.6) is 0 Å². The van der Waals surface area contributed by atoms with Crippen molar-refractivity contribution in [2.75, 3.05) is 18.4 Å². The van der Waals surface area contributed by atoms with Gasteiger partial charge in [-0.25, -0.2) is 12.7 Å². The van der Waals surface area contributed by atoms with Crippen molar-refractivity contribution in [1.82, 2.24) is 4.31 Å². The van der Waals surface area contributed by atoms with Gasteiger partial charge in [-0.05, 0) is 55.2 Å². The Morgan fingerprint density at radius 3 is 2.59 bits per heavy atom. The number of carbonyl (C=O) groups is 1. The normalized spacial score (nSPS) is 18.2. The van der Waals surface area contributed by atoms with Gasteiger partial charge in [0.05, 0.1) is 11.7 Å². The van der Waals surface area contributed by atoms with Crippen molar-refractivity contribution in [3.63, 3.8) is 0 Å². The molecule has 1 heterocycles. The highest BCUT2D eigenvalue weighted by Crippen LogP contribution is 2.24. The molecule has 0 aliphatic carbocycles. The van der Waals surface area contributed by atoms with Gasteiger partial charge in [-0.15, -0.1) is 0 Å². The van der Waals surface area contributed by atoms with E-state index in [1.54, 1.807) is 0 Å². The largest absolute Gasteiger partial charge is 0.326 e. The maximum Gasteiger partial charge on any atom is 0.228 e. The van der Waals surface area contributed by atoms with Gasteiger partial charge in [-0.3, -0.25) is 4.79 Å². The first-order valence-corrected chi connectivity index (χ1v) is 11.3. The first-order valence-electron chi connectivity index (χ1n) is 8.94. The van der Waals surface area contributed by atoms with Gasteiger partial charge in [0.25, 0.3) is 0 Å². The zero-order valence-corrected chi connectivity index (χ0v) is 17.6. The monoisotopic (exact) mass is 450 g/mol. The number of sulfonamides is 1. The fraction of sp³-hybridized carbons (Fsp3) is 0.350. The molecule has 2 aromatic rings. The van der Waals surface area contributed by atoms with Crippen LogP contribution in [0.3, 0.4) is 0 Å². The highest BCUT2D eigenvalue weighted by Gasteiger charge is 2.32. The lowest BCUT2D eigenvalue weighted by Gasteiger charge is -2.31. The molecule has 1 amide bonds. The zero-order valence-electron chi connectivity index (χ0n) is 15.2. The van der Waals surface area contributed by atoms with Crippen LogP contribution in [0, 0.1) is 12.8 Å². The predicted octanol–water partition coefficient (Wildman–Crippen LogP) is 3.94. The van der Waals surface area contributed by atoms with E-state index in [1.807, 2.05) is 55.5 Å². The SMILES string of the molecule is Cc1ccccc1CS(=O)(=O)N1CCCC(C(=O)Nc2ccc(Br)cc2)C1. The summed E-state index contributed by atoms with van der Waals surface area (Å²) in [7, 11) is -3.46. The molecule has 7 heteroatoms. The second-order valence-electron chi connectivity index (χ2n) is 6.88. The summed E-state index contributed by atoms with van der Waals surface area (Å²) in [6.07, 6.45) is 1.38. The van der Waals surface area contributed by atoms with Gasteiger partial charge in [-0.1, -0.05) is 40.2 Å². The van der Waals surface area contributed by atoms with E-state index in [9.17, 15) is 13.2 Å². The minimum Gasteiger partial charge on any atom is -0.326 e. The first kappa shape index (κ1) is 20.0. The summed E-state index contributed by atoms with van der Waals surface area (Å²) in [5.74, 6) is -0.497. The summed E-state index contributed by atoms with van der Waals surface area (Å²) in [5, 5.41) is 2.89. The predicted molar refractivity (Wildman–Crippen MR) is 111 cm³/mol. The quantitative estimate of drug-likeness (QED) is 0.749. The average Bonchev–Trinajstić information content (AvgIpc) is 2.65. The molecule has 3 rings (SSSR count). The zero-order chi connectivity index (χ0) is 19.4. The van der Waals surface area contributed by atoms with Gasteiger partial charge in [0.2, 0.25) is 15.9 Å². The van der Waals surface area contributed by atoms with Gasteiger partial charge in [0.1, 0.15) is 0 Å². The molecule has 0 spiro atoms. The number of rotatable bonds is 5. The number of hydrogen-bond acceptors (Lipinski definition) is 3. The maximum absolute atomic E-state index is 12.9. The van der Waals surface area contributed by atoms with Gasteiger partial charge in [0, 0.05) is 23.2 Å². The minimum atomic E-state index is -3.46. The van der Waals surface area contributed by atoms with Crippen molar-refractivity contribution in [2.45, 2.75) is 25.5 Å². The molecule has 1 atom stereocenters. The number of aryl methyl sites for hydroxylation is 1. The van der Waals surface area contributed by atoms with E-state index < -0.39 is 10.0 Å². The highest BCUT2D eigenvalue weighted by molar-refractivity contribution is 9.10. The number of amides is 1. The molecule has 1 aliphatic heterocycles. The standard InChI is InChI=1S/C20H23BrN2O3S/c1-15-5-2-3-6-17(15)14-27(25,26)23-12-4-7-16(13-23)20(24)22-19-10-8-18(21)9-11-19/h2-3,5-6,8-11,16H,4,7,12-14H2,1H3,(H,22,24). The number of nitrogens with zero attached hydrogens (tertiary/aromatic N) is 1. The molecule has 1 fully saturated rings.